The van der Waals surface area contributed by atoms with Crippen molar-refractivity contribution < 1.29 is 4.74 Å². The van der Waals surface area contributed by atoms with Crippen molar-refractivity contribution in [3.63, 3.8) is 0 Å². The van der Waals surface area contributed by atoms with Crippen LogP contribution in [0.25, 0.3) is 0 Å². The highest BCUT2D eigenvalue weighted by molar-refractivity contribution is 5.78. The third-order valence-electron chi connectivity index (χ3n) is 4.05. The molecule has 120 valence electrons. The molecule has 0 aliphatic carbocycles. The molecular weight excluding hydrogens is 286 g/mol. The van der Waals surface area contributed by atoms with Crippen LogP contribution in [-0.4, -0.2) is 19.1 Å². The lowest BCUT2D eigenvalue weighted by atomic mass is 10.0. The molecule has 0 fully saturated rings. The van der Waals surface area contributed by atoms with Crippen molar-refractivity contribution in [2.75, 3.05) is 13.2 Å². The van der Waals surface area contributed by atoms with Crippen LogP contribution in [0.4, 0.5) is 0 Å². The Labute approximate surface area is 137 Å². The maximum absolute atomic E-state index is 6.05. The van der Waals surface area contributed by atoms with Crippen molar-refractivity contribution in [3.8, 4) is 5.75 Å². The van der Waals surface area contributed by atoms with Crippen molar-refractivity contribution in [2.45, 2.75) is 25.8 Å². The first-order valence-corrected chi connectivity index (χ1v) is 8.06. The van der Waals surface area contributed by atoms with Crippen LogP contribution in [0.1, 0.15) is 29.2 Å². The lowest BCUT2D eigenvalue weighted by Gasteiger charge is -2.26. The number of aliphatic imine (C=N–C) groups is 1. The first-order chi connectivity index (χ1) is 11.2. The van der Waals surface area contributed by atoms with Gasteiger partial charge in [-0.25, -0.2) is 0 Å². The maximum Gasteiger partial charge on any atom is 0.189 e. The number of benzene rings is 2. The first kappa shape index (κ1) is 15.4. The average molecular weight is 309 g/mol. The van der Waals surface area contributed by atoms with Gasteiger partial charge in [-0.15, -0.1) is 0 Å². The summed E-state index contributed by atoms with van der Waals surface area (Å²) in [4.78, 5) is 4.46. The molecule has 23 heavy (non-hydrogen) atoms. The fourth-order valence-corrected chi connectivity index (χ4v) is 2.89. The molecule has 4 heteroatoms. The zero-order chi connectivity index (χ0) is 16.1. The van der Waals surface area contributed by atoms with E-state index in [1.807, 2.05) is 18.2 Å². The summed E-state index contributed by atoms with van der Waals surface area (Å²) in [5, 5.41) is 3.32. The zero-order valence-corrected chi connectivity index (χ0v) is 13.5. The minimum Gasteiger partial charge on any atom is -0.493 e. The van der Waals surface area contributed by atoms with E-state index in [9.17, 15) is 0 Å². The highest BCUT2D eigenvalue weighted by Gasteiger charge is 2.21. The fraction of sp³-hybridized carbons (Fsp3) is 0.316. The van der Waals surface area contributed by atoms with Gasteiger partial charge in [-0.1, -0.05) is 48.0 Å². The molecule has 2 aromatic carbocycles. The molecule has 1 heterocycles. The van der Waals surface area contributed by atoms with Crippen molar-refractivity contribution in [1.82, 2.24) is 5.32 Å². The monoisotopic (exact) mass is 309 g/mol. The van der Waals surface area contributed by atoms with Gasteiger partial charge in [0.15, 0.2) is 5.96 Å². The Morgan fingerprint density at radius 1 is 1.26 bits per heavy atom. The van der Waals surface area contributed by atoms with E-state index in [0.717, 1.165) is 24.2 Å². The summed E-state index contributed by atoms with van der Waals surface area (Å²) in [5.41, 5.74) is 9.77. The Kier molecular flexibility index (Phi) is 4.81. The van der Waals surface area contributed by atoms with Gasteiger partial charge < -0.3 is 15.8 Å². The molecular formula is C19H23N3O. The molecule has 0 saturated heterocycles. The van der Waals surface area contributed by atoms with Gasteiger partial charge in [0.25, 0.3) is 0 Å². The Hall–Kier alpha value is -2.49. The Balaban J connectivity index is 1.58. The van der Waals surface area contributed by atoms with Crippen molar-refractivity contribution in [3.05, 3.63) is 65.2 Å². The zero-order valence-electron chi connectivity index (χ0n) is 13.5. The molecule has 3 N–H and O–H groups in total. The molecule has 3 rings (SSSR count). The molecule has 0 saturated carbocycles. The van der Waals surface area contributed by atoms with Gasteiger partial charge >= 0.3 is 0 Å². The average Bonchev–Trinajstić information content (AvgIpc) is 2.55. The molecule has 4 nitrogen and oxygen atoms in total. The number of nitrogens with two attached hydrogens (primary N) is 1. The lowest BCUT2D eigenvalue weighted by molar-refractivity contribution is 0.262. The molecule has 0 aromatic heterocycles. The summed E-state index contributed by atoms with van der Waals surface area (Å²) in [5.74, 6) is 1.43. The van der Waals surface area contributed by atoms with E-state index in [0.29, 0.717) is 19.1 Å². The molecule has 0 radical (unpaired) electrons. The Morgan fingerprint density at radius 3 is 3.00 bits per heavy atom. The van der Waals surface area contributed by atoms with E-state index in [2.05, 4.69) is 47.6 Å². The van der Waals surface area contributed by atoms with Crippen LogP contribution in [0.2, 0.25) is 0 Å². The number of para-hydroxylation sites is 1. The van der Waals surface area contributed by atoms with Crippen LogP contribution < -0.4 is 15.8 Å². The number of rotatable bonds is 4. The quantitative estimate of drug-likeness (QED) is 0.674. The van der Waals surface area contributed by atoms with E-state index in [1.165, 1.54) is 11.1 Å². The molecule has 2 aromatic rings. The summed E-state index contributed by atoms with van der Waals surface area (Å²) < 4.78 is 5.66. The third-order valence-corrected chi connectivity index (χ3v) is 4.05. The lowest BCUT2D eigenvalue weighted by Crippen LogP contribution is -2.37. The van der Waals surface area contributed by atoms with Gasteiger partial charge in [-0.2, -0.15) is 0 Å². The number of ether oxygens (including phenoxy) is 1. The first-order valence-electron chi connectivity index (χ1n) is 8.06. The normalized spacial score (nSPS) is 17.3. The van der Waals surface area contributed by atoms with Gasteiger partial charge in [0, 0.05) is 18.5 Å². The number of fused-ring (bicyclic) bond motifs is 1. The van der Waals surface area contributed by atoms with Crippen LogP contribution >= 0.6 is 0 Å². The van der Waals surface area contributed by atoms with E-state index >= 15 is 0 Å². The number of guanidine groups is 1. The number of nitrogens with zero attached hydrogens (tertiary/aromatic N) is 1. The predicted octanol–water partition coefficient (Wildman–Crippen LogP) is 2.97. The van der Waals surface area contributed by atoms with E-state index < -0.39 is 0 Å². The van der Waals surface area contributed by atoms with Gasteiger partial charge in [0.1, 0.15) is 5.75 Å². The SMILES string of the molecule is Cc1cccc(CCN=C(N)NC2CCOc3ccccc32)c1. The molecule has 0 bridgehead atoms. The largest absolute Gasteiger partial charge is 0.493 e. The second kappa shape index (κ2) is 7.18. The van der Waals surface area contributed by atoms with Crippen molar-refractivity contribution >= 4 is 5.96 Å². The minimum absolute atomic E-state index is 0.169. The van der Waals surface area contributed by atoms with Crippen molar-refractivity contribution in [2.24, 2.45) is 10.7 Å². The second-order valence-corrected chi connectivity index (χ2v) is 5.88. The number of hydrogen-bond donors (Lipinski definition) is 2. The Bertz CT molecular complexity index is 697. The number of nitrogens with one attached hydrogen (secondary N) is 1. The molecule has 1 atom stereocenters. The third kappa shape index (κ3) is 4.03. The number of aryl methyl sites for hydroxylation is 1. The second-order valence-electron chi connectivity index (χ2n) is 5.88. The van der Waals surface area contributed by atoms with Crippen LogP contribution in [0.15, 0.2) is 53.5 Å². The molecule has 0 spiro atoms. The van der Waals surface area contributed by atoms with E-state index in [4.69, 9.17) is 10.5 Å². The topological polar surface area (TPSA) is 59.6 Å². The minimum atomic E-state index is 0.169. The maximum atomic E-state index is 6.05. The molecule has 1 aliphatic heterocycles. The van der Waals surface area contributed by atoms with Crippen LogP contribution in [-0.2, 0) is 6.42 Å². The van der Waals surface area contributed by atoms with E-state index in [1.54, 1.807) is 0 Å². The Morgan fingerprint density at radius 2 is 2.13 bits per heavy atom. The van der Waals surface area contributed by atoms with Crippen LogP contribution in [0, 0.1) is 6.92 Å². The number of hydrogen-bond acceptors (Lipinski definition) is 2. The molecule has 1 unspecified atom stereocenters. The van der Waals surface area contributed by atoms with Gasteiger partial charge in [-0.3, -0.25) is 4.99 Å². The summed E-state index contributed by atoms with van der Waals surface area (Å²) in [6, 6.07) is 16.7. The molecule has 0 amide bonds. The summed E-state index contributed by atoms with van der Waals surface area (Å²) in [6.07, 6.45) is 1.79. The van der Waals surface area contributed by atoms with Gasteiger partial charge in [0.2, 0.25) is 0 Å². The fourth-order valence-electron chi connectivity index (χ4n) is 2.89. The van der Waals surface area contributed by atoms with Crippen LogP contribution in [0.5, 0.6) is 5.75 Å². The van der Waals surface area contributed by atoms with Gasteiger partial charge in [0.05, 0.1) is 12.6 Å². The highest BCUT2D eigenvalue weighted by Crippen LogP contribution is 2.31. The standard InChI is InChI=1S/C19H23N3O/c1-14-5-4-6-15(13-14)9-11-21-19(20)22-17-10-12-23-18-8-3-2-7-16(17)18/h2-8,13,17H,9-12H2,1H3,(H3,20,21,22). The molecule has 1 aliphatic rings. The van der Waals surface area contributed by atoms with Crippen molar-refractivity contribution in [1.29, 1.82) is 0 Å². The van der Waals surface area contributed by atoms with Gasteiger partial charge in [-0.05, 0) is 25.0 Å². The summed E-state index contributed by atoms with van der Waals surface area (Å²) in [6.45, 7) is 3.49. The highest BCUT2D eigenvalue weighted by atomic mass is 16.5. The predicted molar refractivity (Wildman–Crippen MR) is 93.8 cm³/mol. The van der Waals surface area contributed by atoms with Crippen LogP contribution in [0.3, 0.4) is 0 Å². The smallest absolute Gasteiger partial charge is 0.189 e. The summed E-state index contributed by atoms with van der Waals surface area (Å²) in [7, 11) is 0. The summed E-state index contributed by atoms with van der Waals surface area (Å²) >= 11 is 0. The van der Waals surface area contributed by atoms with E-state index in [-0.39, 0.29) is 6.04 Å².